The minimum Gasteiger partial charge on any atom is -0.306 e. The third-order valence-corrected chi connectivity index (χ3v) is 3.93. The Morgan fingerprint density at radius 3 is 2.57 bits per heavy atom. The summed E-state index contributed by atoms with van der Waals surface area (Å²) in [6.45, 7) is 5.14. The highest BCUT2D eigenvalue weighted by Gasteiger charge is 2.06. The van der Waals surface area contributed by atoms with Crippen LogP contribution in [-0.4, -0.2) is 4.98 Å². The average Bonchev–Trinajstić information content (AvgIpc) is 2.53. The number of nitrogens with zero attached hydrogens (tertiary/aromatic N) is 1. The SMILES string of the molecule is Cc1ccc([C@@H](C)NCc2cncc3ccccc23)cc1. The van der Waals surface area contributed by atoms with E-state index in [9.17, 15) is 0 Å². The van der Waals surface area contributed by atoms with Gasteiger partial charge in [0.25, 0.3) is 0 Å². The molecule has 0 fully saturated rings. The lowest BCUT2D eigenvalue weighted by Crippen LogP contribution is -2.18. The fraction of sp³-hybridized carbons (Fsp3) is 0.211. The van der Waals surface area contributed by atoms with Gasteiger partial charge in [-0.25, -0.2) is 0 Å². The molecular formula is C19H20N2. The van der Waals surface area contributed by atoms with Crippen molar-refractivity contribution >= 4 is 10.8 Å². The molecule has 0 radical (unpaired) electrons. The lowest BCUT2D eigenvalue weighted by molar-refractivity contribution is 0.575. The molecule has 0 amide bonds. The number of hydrogen-bond donors (Lipinski definition) is 1. The monoisotopic (exact) mass is 276 g/mol. The van der Waals surface area contributed by atoms with E-state index < -0.39 is 0 Å². The molecule has 1 aromatic heterocycles. The second-order valence-corrected chi connectivity index (χ2v) is 5.53. The summed E-state index contributed by atoms with van der Waals surface area (Å²) in [6.07, 6.45) is 3.87. The van der Waals surface area contributed by atoms with Gasteiger partial charge >= 0.3 is 0 Å². The Hall–Kier alpha value is -2.19. The highest BCUT2D eigenvalue weighted by atomic mass is 14.9. The van der Waals surface area contributed by atoms with Crippen LogP contribution in [0, 0.1) is 6.92 Å². The molecule has 0 saturated carbocycles. The highest BCUT2D eigenvalue weighted by Crippen LogP contribution is 2.19. The number of nitrogens with one attached hydrogen (secondary N) is 1. The maximum atomic E-state index is 4.34. The van der Waals surface area contributed by atoms with Crippen molar-refractivity contribution in [2.45, 2.75) is 26.4 Å². The molecule has 1 atom stereocenters. The molecule has 3 aromatic rings. The van der Waals surface area contributed by atoms with Gasteiger partial charge in [0.1, 0.15) is 0 Å². The lowest BCUT2D eigenvalue weighted by atomic mass is 10.1. The summed E-state index contributed by atoms with van der Waals surface area (Å²) in [5.41, 5.74) is 3.85. The molecule has 2 heteroatoms. The van der Waals surface area contributed by atoms with Gasteiger partial charge < -0.3 is 5.32 Å². The molecule has 2 aromatic carbocycles. The standard InChI is InChI=1S/C19H20N2/c1-14-7-9-16(10-8-14)15(2)21-13-18-12-20-11-17-5-3-4-6-19(17)18/h3-12,15,21H,13H2,1-2H3/t15-/m1/s1. The number of hydrogen-bond acceptors (Lipinski definition) is 2. The summed E-state index contributed by atoms with van der Waals surface area (Å²) < 4.78 is 0. The van der Waals surface area contributed by atoms with Crippen LogP contribution < -0.4 is 5.32 Å². The number of pyridine rings is 1. The second kappa shape index (κ2) is 6.06. The first-order valence-electron chi connectivity index (χ1n) is 7.35. The maximum absolute atomic E-state index is 4.34. The van der Waals surface area contributed by atoms with E-state index in [0.717, 1.165) is 6.54 Å². The molecular weight excluding hydrogens is 256 g/mol. The molecule has 1 heterocycles. The van der Waals surface area contributed by atoms with Crippen LogP contribution in [0.4, 0.5) is 0 Å². The lowest BCUT2D eigenvalue weighted by Gasteiger charge is -2.15. The van der Waals surface area contributed by atoms with Crippen molar-refractivity contribution in [2.24, 2.45) is 0 Å². The van der Waals surface area contributed by atoms with E-state index in [1.165, 1.54) is 27.5 Å². The Bertz CT molecular complexity index is 727. The van der Waals surface area contributed by atoms with Crippen LogP contribution in [0.15, 0.2) is 60.9 Å². The van der Waals surface area contributed by atoms with Gasteiger partial charge in [-0.05, 0) is 30.4 Å². The van der Waals surface area contributed by atoms with E-state index in [2.05, 4.69) is 72.7 Å². The minimum atomic E-state index is 0.324. The topological polar surface area (TPSA) is 24.9 Å². The van der Waals surface area contributed by atoms with Gasteiger partial charge in [-0.2, -0.15) is 0 Å². The molecule has 0 aliphatic heterocycles. The number of aryl methyl sites for hydroxylation is 1. The van der Waals surface area contributed by atoms with E-state index in [4.69, 9.17) is 0 Å². The summed E-state index contributed by atoms with van der Waals surface area (Å²) in [4.78, 5) is 4.34. The van der Waals surface area contributed by atoms with Crippen molar-refractivity contribution in [2.75, 3.05) is 0 Å². The first kappa shape index (κ1) is 13.8. The Balaban J connectivity index is 1.76. The zero-order chi connectivity index (χ0) is 14.7. The number of fused-ring (bicyclic) bond motifs is 1. The van der Waals surface area contributed by atoms with Crippen molar-refractivity contribution in [1.29, 1.82) is 0 Å². The first-order valence-corrected chi connectivity index (χ1v) is 7.35. The zero-order valence-electron chi connectivity index (χ0n) is 12.5. The molecule has 0 spiro atoms. The average molecular weight is 276 g/mol. The van der Waals surface area contributed by atoms with Crippen LogP contribution in [0.5, 0.6) is 0 Å². The van der Waals surface area contributed by atoms with Crippen molar-refractivity contribution in [3.8, 4) is 0 Å². The Kier molecular flexibility index (Phi) is 3.98. The van der Waals surface area contributed by atoms with Gasteiger partial charge in [0.15, 0.2) is 0 Å². The quantitative estimate of drug-likeness (QED) is 0.764. The summed E-state index contributed by atoms with van der Waals surface area (Å²) >= 11 is 0. The van der Waals surface area contributed by atoms with Crippen LogP contribution in [0.25, 0.3) is 10.8 Å². The number of benzene rings is 2. The van der Waals surface area contributed by atoms with Crippen LogP contribution >= 0.6 is 0 Å². The predicted molar refractivity (Wildman–Crippen MR) is 88.2 cm³/mol. The van der Waals surface area contributed by atoms with E-state index in [-0.39, 0.29) is 0 Å². The van der Waals surface area contributed by atoms with Crippen molar-refractivity contribution in [1.82, 2.24) is 10.3 Å². The van der Waals surface area contributed by atoms with Crippen LogP contribution in [0.3, 0.4) is 0 Å². The predicted octanol–water partition coefficient (Wildman–Crippen LogP) is 4.39. The van der Waals surface area contributed by atoms with Crippen molar-refractivity contribution < 1.29 is 0 Å². The molecule has 106 valence electrons. The van der Waals surface area contributed by atoms with E-state index in [0.29, 0.717) is 6.04 Å². The van der Waals surface area contributed by atoms with Gasteiger partial charge in [-0.3, -0.25) is 4.98 Å². The van der Waals surface area contributed by atoms with Crippen LogP contribution in [0.1, 0.15) is 29.7 Å². The molecule has 1 N–H and O–H groups in total. The molecule has 0 saturated heterocycles. The van der Waals surface area contributed by atoms with Crippen LogP contribution in [0.2, 0.25) is 0 Å². The number of rotatable bonds is 4. The molecule has 0 aliphatic rings. The summed E-state index contributed by atoms with van der Waals surface area (Å²) in [5.74, 6) is 0. The van der Waals surface area contributed by atoms with Crippen molar-refractivity contribution in [3.63, 3.8) is 0 Å². The fourth-order valence-corrected chi connectivity index (χ4v) is 2.56. The maximum Gasteiger partial charge on any atom is 0.0346 e. The summed E-state index contributed by atoms with van der Waals surface area (Å²) in [5, 5.41) is 6.06. The second-order valence-electron chi connectivity index (χ2n) is 5.53. The van der Waals surface area contributed by atoms with Crippen molar-refractivity contribution in [3.05, 3.63) is 77.6 Å². The van der Waals surface area contributed by atoms with Gasteiger partial charge in [-0.1, -0.05) is 54.1 Å². The molecule has 21 heavy (non-hydrogen) atoms. The normalized spacial score (nSPS) is 12.5. The summed E-state index contributed by atoms with van der Waals surface area (Å²) in [7, 11) is 0. The van der Waals surface area contributed by atoms with Gasteiger partial charge in [0, 0.05) is 30.4 Å². The van der Waals surface area contributed by atoms with Gasteiger partial charge in [0.2, 0.25) is 0 Å². The fourth-order valence-electron chi connectivity index (χ4n) is 2.56. The smallest absolute Gasteiger partial charge is 0.0346 e. The Morgan fingerprint density at radius 2 is 1.76 bits per heavy atom. The van der Waals surface area contributed by atoms with E-state index >= 15 is 0 Å². The molecule has 0 aliphatic carbocycles. The zero-order valence-corrected chi connectivity index (χ0v) is 12.5. The molecule has 3 rings (SSSR count). The molecule has 2 nitrogen and oxygen atoms in total. The van der Waals surface area contributed by atoms with Gasteiger partial charge in [-0.15, -0.1) is 0 Å². The highest BCUT2D eigenvalue weighted by molar-refractivity contribution is 5.84. The first-order chi connectivity index (χ1) is 10.2. The molecule has 0 bridgehead atoms. The third-order valence-electron chi connectivity index (χ3n) is 3.93. The summed E-state index contributed by atoms with van der Waals surface area (Å²) in [6, 6.07) is 17.4. The molecule has 0 unspecified atom stereocenters. The van der Waals surface area contributed by atoms with Gasteiger partial charge in [0.05, 0.1) is 0 Å². The van der Waals surface area contributed by atoms with Crippen LogP contribution in [-0.2, 0) is 6.54 Å². The van der Waals surface area contributed by atoms with E-state index in [1.807, 2.05) is 12.4 Å². The minimum absolute atomic E-state index is 0.324. The third kappa shape index (κ3) is 3.11. The van der Waals surface area contributed by atoms with E-state index in [1.54, 1.807) is 0 Å². The Labute approximate surface area is 125 Å². The Morgan fingerprint density at radius 1 is 1.00 bits per heavy atom. The number of aromatic nitrogens is 1. The largest absolute Gasteiger partial charge is 0.306 e.